The number of hydrogen-bond donors (Lipinski definition) is 1. The monoisotopic (exact) mass is 471 g/mol. The van der Waals surface area contributed by atoms with Gasteiger partial charge in [0.25, 0.3) is 0 Å². The molecule has 0 radical (unpaired) electrons. The largest absolute Gasteiger partial charge is 0.489 e. The van der Waals surface area contributed by atoms with E-state index in [9.17, 15) is 9.59 Å². The lowest BCUT2D eigenvalue weighted by atomic mass is 9.85. The van der Waals surface area contributed by atoms with Gasteiger partial charge in [-0.25, -0.2) is 9.48 Å². The van der Waals surface area contributed by atoms with Crippen molar-refractivity contribution in [3.05, 3.63) is 24.0 Å². The van der Waals surface area contributed by atoms with Gasteiger partial charge in [0.2, 0.25) is 0 Å². The fourth-order valence-corrected chi connectivity index (χ4v) is 4.97. The lowest BCUT2D eigenvalue weighted by Crippen LogP contribution is -2.35. The Morgan fingerprint density at radius 1 is 1.18 bits per heavy atom. The summed E-state index contributed by atoms with van der Waals surface area (Å²) in [4.78, 5) is 29.7. The van der Waals surface area contributed by atoms with E-state index in [0.717, 1.165) is 51.4 Å². The molecule has 0 aromatic carbocycles. The Balaban J connectivity index is 1.36. The fraction of sp³-hybridized carbons (Fsp3) is 0.625. The van der Waals surface area contributed by atoms with Crippen molar-refractivity contribution in [3.63, 3.8) is 0 Å². The number of carbonyl (C=O) groups excluding carboxylic acids is 1. The molecule has 2 atom stereocenters. The summed E-state index contributed by atoms with van der Waals surface area (Å²) in [5.74, 6) is 0.0353. The van der Waals surface area contributed by atoms with Gasteiger partial charge in [-0.3, -0.25) is 9.78 Å². The zero-order valence-corrected chi connectivity index (χ0v) is 19.9. The van der Waals surface area contributed by atoms with Crippen LogP contribution in [0, 0.1) is 5.92 Å². The number of aromatic nitrogens is 4. The van der Waals surface area contributed by atoms with Gasteiger partial charge in [0.05, 0.1) is 18.0 Å². The van der Waals surface area contributed by atoms with Crippen molar-refractivity contribution >= 4 is 12.1 Å². The first-order valence-electron chi connectivity index (χ1n) is 12.0. The van der Waals surface area contributed by atoms with Crippen LogP contribution < -0.4 is 4.74 Å². The number of pyridine rings is 1. The molecular weight excluding hydrogens is 438 g/mol. The number of carbonyl (C=O) groups is 2. The second-order valence-electron chi connectivity index (χ2n) is 9.36. The lowest BCUT2D eigenvalue weighted by molar-refractivity contribution is -0.138. The number of aliphatic carboxylic acids is 1. The van der Waals surface area contributed by atoms with Crippen LogP contribution in [0.1, 0.15) is 63.5 Å². The highest BCUT2D eigenvalue weighted by Crippen LogP contribution is 2.30. The molecule has 10 heteroatoms. The SMILES string of the molecule is CN(C(=O)OCc1c(-c2ccc(O[C@H]3CCC[C@H](CC(=O)O)C3)cn2)nnn1C)C1CCCC1. The third kappa shape index (κ3) is 5.84. The van der Waals surface area contributed by atoms with Gasteiger partial charge in [-0.1, -0.05) is 18.1 Å². The average molecular weight is 472 g/mol. The summed E-state index contributed by atoms with van der Waals surface area (Å²) in [6.45, 7) is 0.0572. The molecule has 184 valence electrons. The summed E-state index contributed by atoms with van der Waals surface area (Å²) in [6.07, 6.45) is 9.36. The van der Waals surface area contributed by atoms with Crippen LogP contribution >= 0.6 is 0 Å². The highest BCUT2D eigenvalue weighted by molar-refractivity contribution is 5.68. The molecule has 0 aliphatic heterocycles. The maximum absolute atomic E-state index is 12.5. The number of hydrogen-bond acceptors (Lipinski definition) is 7. The minimum Gasteiger partial charge on any atom is -0.489 e. The van der Waals surface area contributed by atoms with Gasteiger partial charge in [-0.15, -0.1) is 5.10 Å². The molecule has 1 N–H and O–H groups in total. The fourth-order valence-electron chi connectivity index (χ4n) is 4.97. The first-order chi connectivity index (χ1) is 16.4. The zero-order chi connectivity index (χ0) is 24.1. The van der Waals surface area contributed by atoms with Crippen LogP contribution in [0.5, 0.6) is 5.75 Å². The molecule has 0 bridgehead atoms. The molecule has 10 nitrogen and oxygen atoms in total. The normalized spacial score (nSPS) is 20.8. The molecule has 0 spiro atoms. The van der Waals surface area contributed by atoms with Gasteiger partial charge in [0.1, 0.15) is 23.7 Å². The number of rotatable bonds is 8. The number of carboxylic acids is 1. The molecule has 2 fully saturated rings. The summed E-state index contributed by atoms with van der Waals surface area (Å²) in [5.41, 5.74) is 1.84. The number of nitrogens with zero attached hydrogens (tertiary/aromatic N) is 5. The van der Waals surface area contributed by atoms with Gasteiger partial charge in [0.15, 0.2) is 0 Å². The number of aryl methyl sites for hydroxylation is 1. The molecule has 2 aliphatic rings. The first kappa shape index (κ1) is 24.0. The van der Waals surface area contributed by atoms with Crippen molar-refractivity contribution in [3.8, 4) is 17.1 Å². The van der Waals surface area contributed by atoms with Crippen LogP contribution in [0.4, 0.5) is 4.79 Å². The molecule has 0 saturated heterocycles. The lowest BCUT2D eigenvalue weighted by Gasteiger charge is -2.28. The van der Waals surface area contributed by atoms with Gasteiger partial charge in [-0.05, 0) is 56.6 Å². The highest BCUT2D eigenvalue weighted by Gasteiger charge is 2.26. The molecule has 2 saturated carbocycles. The summed E-state index contributed by atoms with van der Waals surface area (Å²) in [7, 11) is 3.55. The van der Waals surface area contributed by atoms with E-state index in [1.54, 1.807) is 29.9 Å². The molecule has 34 heavy (non-hydrogen) atoms. The quantitative estimate of drug-likeness (QED) is 0.617. The molecule has 2 aromatic heterocycles. The van der Waals surface area contributed by atoms with Crippen LogP contribution in [0.3, 0.4) is 0 Å². The minimum absolute atomic E-state index is 0.00547. The topological polar surface area (TPSA) is 120 Å². The molecule has 2 aliphatic carbocycles. The van der Waals surface area contributed by atoms with Crippen molar-refractivity contribution in [2.45, 2.75) is 76.5 Å². The van der Waals surface area contributed by atoms with E-state index in [0.29, 0.717) is 22.8 Å². The van der Waals surface area contributed by atoms with Gasteiger partial charge in [0, 0.05) is 26.6 Å². The third-order valence-electron chi connectivity index (χ3n) is 6.92. The van der Waals surface area contributed by atoms with Gasteiger partial charge in [-0.2, -0.15) is 0 Å². The Labute approximate surface area is 199 Å². The number of ether oxygens (including phenoxy) is 2. The van der Waals surface area contributed by atoms with Crippen LogP contribution in [0.15, 0.2) is 18.3 Å². The standard InChI is InChI=1S/C24H33N5O5/c1-28(17-7-3-4-8-17)24(32)33-15-21-23(26-27-29(21)2)20-11-10-19(14-25-20)34-18-9-5-6-16(12-18)13-22(30)31/h10-11,14,16-18H,3-9,12-13,15H2,1-2H3,(H,30,31)/t16-,18-/m0/s1. The Morgan fingerprint density at radius 3 is 2.68 bits per heavy atom. The third-order valence-corrected chi connectivity index (χ3v) is 6.92. The van der Waals surface area contributed by atoms with Crippen molar-refractivity contribution in [1.29, 1.82) is 0 Å². The van der Waals surface area contributed by atoms with Crippen LogP contribution in [-0.2, 0) is 23.2 Å². The number of carboxylic acid groups (broad SMARTS) is 1. The Morgan fingerprint density at radius 2 is 1.97 bits per heavy atom. The average Bonchev–Trinajstić information content (AvgIpc) is 3.47. The molecule has 0 unspecified atom stereocenters. The maximum atomic E-state index is 12.5. The predicted octanol–water partition coefficient (Wildman–Crippen LogP) is 3.80. The van der Waals surface area contributed by atoms with E-state index < -0.39 is 5.97 Å². The van der Waals surface area contributed by atoms with E-state index in [4.69, 9.17) is 14.6 Å². The van der Waals surface area contributed by atoms with Crippen molar-refractivity contribution in [1.82, 2.24) is 24.9 Å². The molecular formula is C24H33N5O5. The summed E-state index contributed by atoms with van der Waals surface area (Å²) in [6, 6.07) is 3.89. The Bertz CT molecular complexity index is 986. The van der Waals surface area contributed by atoms with Crippen LogP contribution in [0.2, 0.25) is 0 Å². The van der Waals surface area contributed by atoms with Crippen molar-refractivity contribution < 1.29 is 24.2 Å². The molecule has 1 amide bonds. The molecule has 4 rings (SSSR count). The summed E-state index contributed by atoms with van der Waals surface area (Å²) < 4.78 is 13.2. The second kappa shape index (κ2) is 10.8. The summed E-state index contributed by atoms with van der Waals surface area (Å²) >= 11 is 0. The van der Waals surface area contributed by atoms with Gasteiger partial charge >= 0.3 is 12.1 Å². The Hall–Kier alpha value is -3.17. The van der Waals surface area contributed by atoms with E-state index >= 15 is 0 Å². The van der Waals surface area contributed by atoms with E-state index in [1.165, 1.54) is 0 Å². The molecule has 2 aromatic rings. The Kier molecular flexibility index (Phi) is 7.64. The number of amides is 1. The second-order valence-corrected chi connectivity index (χ2v) is 9.36. The first-order valence-corrected chi connectivity index (χ1v) is 12.0. The van der Waals surface area contributed by atoms with E-state index in [-0.39, 0.29) is 37.2 Å². The predicted molar refractivity (Wildman–Crippen MR) is 123 cm³/mol. The van der Waals surface area contributed by atoms with E-state index in [2.05, 4.69) is 15.3 Å². The highest BCUT2D eigenvalue weighted by atomic mass is 16.6. The van der Waals surface area contributed by atoms with Crippen molar-refractivity contribution in [2.24, 2.45) is 13.0 Å². The minimum atomic E-state index is -0.757. The smallest absolute Gasteiger partial charge is 0.410 e. The van der Waals surface area contributed by atoms with Crippen LogP contribution in [-0.4, -0.2) is 61.2 Å². The van der Waals surface area contributed by atoms with E-state index in [1.807, 2.05) is 12.1 Å². The summed E-state index contributed by atoms with van der Waals surface area (Å²) in [5, 5.41) is 17.4. The molecule has 2 heterocycles. The maximum Gasteiger partial charge on any atom is 0.410 e. The zero-order valence-electron chi connectivity index (χ0n) is 19.9. The van der Waals surface area contributed by atoms with Crippen molar-refractivity contribution in [2.75, 3.05) is 7.05 Å². The van der Waals surface area contributed by atoms with Crippen LogP contribution in [0.25, 0.3) is 11.4 Å². The van der Waals surface area contributed by atoms with Gasteiger partial charge < -0.3 is 19.5 Å².